The van der Waals surface area contributed by atoms with Crippen LogP contribution in [0.4, 0.5) is 0 Å². The van der Waals surface area contributed by atoms with Gasteiger partial charge in [-0.05, 0) is 92.6 Å². The second kappa shape index (κ2) is 14.2. The lowest BCUT2D eigenvalue weighted by Crippen LogP contribution is -2.24. The minimum atomic E-state index is -0.163. The number of hydrogen-bond acceptors (Lipinski definition) is 5. The third-order valence-corrected chi connectivity index (χ3v) is 7.17. The zero-order valence-corrected chi connectivity index (χ0v) is 22.4. The van der Waals surface area contributed by atoms with Crippen molar-refractivity contribution in [3.05, 3.63) is 83.4 Å². The van der Waals surface area contributed by atoms with Crippen LogP contribution in [-0.4, -0.2) is 62.0 Å². The number of aliphatic hydroxyl groups is 1. The second-order valence-electron chi connectivity index (χ2n) is 9.99. The van der Waals surface area contributed by atoms with Crippen molar-refractivity contribution in [1.29, 1.82) is 0 Å². The molecule has 3 aromatic carbocycles. The van der Waals surface area contributed by atoms with E-state index in [0.717, 1.165) is 81.0 Å². The molecule has 0 radical (unpaired) electrons. The topological polar surface area (TPSA) is 54.0 Å². The predicted molar refractivity (Wildman–Crippen MR) is 152 cm³/mol. The van der Waals surface area contributed by atoms with Crippen LogP contribution in [0, 0.1) is 13.8 Å². The van der Waals surface area contributed by atoms with Gasteiger partial charge in [0.2, 0.25) is 0 Å². The molecule has 0 bridgehead atoms. The number of nitrogens with zero attached hydrogens (tertiary/aromatic N) is 1. The monoisotopic (exact) mass is 502 g/mol. The normalized spacial score (nSPS) is 15.7. The standard InChI is InChI=1S/C32H42N2O3/c1-25-29(12-6-14-31(25)36-22-8-18-33-19-16-27-10-4-3-5-11-27)30-13-7-15-32(26(30)2)37-23-9-20-34-21-17-28(35)24-34/h3-7,10-15,28,33,35H,8-9,16-24H2,1-2H3/t28-/m1/s1. The maximum Gasteiger partial charge on any atom is 0.122 e. The predicted octanol–water partition coefficient (Wildman–Crippen LogP) is 5.41. The van der Waals surface area contributed by atoms with Crippen LogP contribution < -0.4 is 14.8 Å². The molecule has 0 saturated carbocycles. The Hall–Kier alpha value is -2.86. The van der Waals surface area contributed by atoms with Gasteiger partial charge in [0, 0.05) is 19.6 Å². The Balaban J connectivity index is 1.24. The first-order valence-electron chi connectivity index (χ1n) is 13.7. The molecule has 0 aliphatic carbocycles. The van der Waals surface area contributed by atoms with E-state index in [9.17, 15) is 5.11 Å². The molecule has 0 amide bonds. The van der Waals surface area contributed by atoms with Crippen LogP contribution in [0.3, 0.4) is 0 Å². The summed E-state index contributed by atoms with van der Waals surface area (Å²) >= 11 is 0. The van der Waals surface area contributed by atoms with E-state index in [1.165, 1.54) is 16.7 Å². The van der Waals surface area contributed by atoms with Gasteiger partial charge in [0.25, 0.3) is 0 Å². The van der Waals surface area contributed by atoms with Crippen LogP contribution >= 0.6 is 0 Å². The van der Waals surface area contributed by atoms with Gasteiger partial charge in [-0.15, -0.1) is 0 Å². The van der Waals surface area contributed by atoms with E-state index < -0.39 is 0 Å². The SMILES string of the molecule is Cc1c(OCCCNCCc2ccccc2)cccc1-c1cccc(OCCCN2CC[C@@H](O)C2)c1C. The number of ether oxygens (including phenoxy) is 2. The van der Waals surface area contributed by atoms with Crippen LogP contribution in [0.5, 0.6) is 11.5 Å². The highest BCUT2D eigenvalue weighted by Crippen LogP contribution is 2.35. The zero-order valence-electron chi connectivity index (χ0n) is 22.4. The molecule has 5 nitrogen and oxygen atoms in total. The average molecular weight is 503 g/mol. The smallest absolute Gasteiger partial charge is 0.122 e. The third-order valence-electron chi connectivity index (χ3n) is 7.17. The van der Waals surface area contributed by atoms with Crippen LogP contribution in [0.25, 0.3) is 11.1 Å². The molecule has 0 aromatic heterocycles. The summed E-state index contributed by atoms with van der Waals surface area (Å²) in [4.78, 5) is 2.31. The Kier molecular flexibility index (Phi) is 10.4. The Labute approximate surface area is 222 Å². The first kappa shape index (κ1) is 27.2. The number of nitrogens with one attached hydrogen (secondary N) is 1. The summed E-state index contributed by atoms with van der Waals surface area (Å²) in [5.74, 6) is 1.88. The molecule has 1 fully saturated rings. The summed E-state index contributed by atoms with van der Waals surface area (Å²) < 4.78 is 12.3. The molecule has 3 aromatic rings. The first-order valence-corrected chi connectivity index (χ1v) is 13.7. The second-order valence-corrected chi connectivity index (χ2v) is 9.99. The van der Waals surface area contributed by atoms with E-state index >= 15 is 0 Å². The van der Waals surface area contributed by atoms with Crippen molar-refractivity contribution in [2.24, 2.45) is 0 Å². The van der Waals surface area contributed by atoms with Crippen LogP contribution in [0.1, 0.15) is 36.0 Å². The highest BCUT2D eigenvalue weighted by molar-refractivity contribution is 5.74. The number of β-amino-alcohol motifs (C(OH)–C–C–N with tert-alkyl or cyclic N) is 1. The summed E-state index contributed by atoms with van der Waals surface area (Å²) in [5.41, 5.74) is 6.05. The van der Waals surface area contributed by atoms with Gasteiger partial charge in [-0.2, -0.15) is 0 Å². The maximum absolute atomic E-state index is 9.69. The van der Waals surface area contributed by atoms with Crippen LogP contribution in [0.2, 0.25) is 0 Å². The largest absolute Gasteiger partial charge is 0.493 e. The number of benzene rings is 3. The molecular formula is C32H42N2O3. The lowest BCUT2D eigenvalue weighted by molar-refractivity contribution is 0.173. The van der Waals surface area contributed by atoms with Gasteiger partial charge >= 0.3 is 0 Å². The Morgan fingerprint density at radius 2 is 1.46 bits per heavy atom. The van der Waals surface area contributed by atoms with E-state index in [1.54, 1.807) is 0 Å². The van der Waals surface area contributed by atoms with E-state index in [1.807, 2.05) is 0 Å². The Bertz CT molecular complexity index is 1100. The number of aliphatic hydroxyl groups excluding tert-OH is 1. The van der Waals surface area contributed by atoms with Crippen molar-refractivity contribution in [1.82, 2.24) is 10.2 Å². The number of rotatable bonds is 14. The number of hydrogen-bond donors (Lipinski definition) is 2. The van der Waals surface area contributed by atoms with E-state index in [-0.39, 0.29) is 6.10 Å². The highest BCUT2D eigenvalue weighted by atomic mass is 16.5. The average Bonchev–Trinajstić information content (AvgIpc) is 3.33. The van der Waals surface area contributed by atoms with Crippen molar-refractivity contribution in [2.45, 2.75) is 45.6 Å². The van der Waals surface area contributed by atoms with Gasteiger partial charge in [-0.3, -0.25) is 0 Å². The minimum absolute atomic E-state index is 0.163. The molecule has 37 heavy (non-hydrogen) atoms. The molecule has 1 aliphatic heterocycles. The molecule has 198 valence electrons. The van der Waals surface area contributed by atoms with Crippen molar-refractivity contribution in [2.75, 3.05) is 45.9 Å². The number of likely N-dealkylation sites (tertiary alicyclic amines) is 1. The van der Waals surface area contributed by atoms with Crippen molar-refractivity contribution in [3.63, 3.8) is 0 Å². The fraction of sp³-hybridized carbons (Fsp3) is 0.438. The lowest BCUT2D eigenvalue weighted by Gasteiger charge is -2.18. The molecule has 5 heteroatoms. The lowest BCUT2D eigenvalue weighted by atomic mass is 9.95. The molecular weight excluding hydrogens is 460 g/mol. The Morgan fingerprint density at radius 1 is 0.811 bits per heavy atom. The summed E-state index contributed by atoms with van der Waals surface area (Å²) in [6.07, 6.45) is 3.70. The van der Waals surface area contributed by atoms with Crippen LogP contribution in [0.15, 0.2) is 66.7 Å². The van der Waals surface area contributed by atoms with E-state index in [4.69, 9.17) is 9.47 Å². The molecule has 0 spiro atoms. The van der Waals surface area contributed by atoms with Gasteiger partial charge in [-0.25, -0.2) is 0 Å². The quantitative estimate of drug-likeness (QED) is 0.289. The fourth-order valence-corrected chi connectivity index (χ4v) is 4.99. The zero-order chi connectivity index (χ0) is 25.9. The first-order chi connectivity index (χ1) is 18.1. The summed E-state index contributed by atoms with van der Waals surface area (Å²) in [7, 11) is 0. The minimum Gasteiger partial charge on any atom is -0.493 e. The van der Waals surface area contributed by atoms with Gasteiger partial charge < -0.3 is 24.8 Å². The molecule has 4 rings (SSSR count). The van der Waals surface area contributed by atoms with E-state index in [2.05, 4.69) is 90.8 Å². The van der Waals surface area contributed by atoms with Gasteiger partial charge in [-0.1, -0.05) is 54.6 Å². The fourth-order valence-electron chi connectivity index (χ4n) is 4.99. The van der Waals surface area contributed by atoms with Crippen molar-refractivity contribution in [3.8, 4) is 22.6 Å². The van der Waals surface area contributed by atoms with Crippen molar-refractivity contribution < 1.29 is 14.6 Å². The molecule has 1 saturated heterocycles. The van der Waals surface area contributed by atoms with Gasteiger partial charge in [0.15, 0.2) is 0 Å². The summed E-state index contributed by atoms with van der Waals surface area (Å²) in [5, 5.41) is 13.2. The van der Waals surface area contributed by atoms with Crippen LogP contribution in [-0.2, 0) is 6.42 Å². The molecule has 0 unspecified atom stereocenters. The summed E-state index contributed by atoms with van der Waals surface area (Å²) in [6.45, 7) is 10.3. The molecule has 1 heterocycles. The summed E-state index contributed by atoms with van der Waals surface area (Å²) in [6, 6.07) is 23.2. The van der Waals surface area contributed by atoms with E-state index in [0.29, 0.717) is 13.2 Å². The van der Waals surface area contributed by atoms with Crippen molar-refractivity contribution >= 4 is 0 Å². The molecule has 1 aliphatic rings. The van der Waals surface area contributed by atoms with Gasteiger partial charge in [0.05, 0.1) is 19.3 Å². The molecule has 2 N–H and O–H groups in total. The highest BCUT2D eigenvalue weighted by Gasteiger charge is 2.19. The van der Waals surface area contributed by atoms with Gasteiger partial charge in [0.1, 0.15) is 11.5 Å². The maximum atomic E-state index is 9.69. The molecule has 1 atom stereocenters. The third kappa shape index (κ3) is 8.06. The Morgan fingerprint density at radius 3 is 2.08 bits per heavy atom.